The molecule has 0 amide bonds. The summed E-state index contributed by atoms with van der Waals surface area (Å²) < 4.78 is 0. The largest absolute Gasteiger partial charge is 0.506 e. The van der Waals surface area contributed by atoms with Crippen LogP contribution in [0.5, 0.6) is 5.75 Å². The summed E-state index contributed by atoms with van der Waals surface area (Å²) in [6.45, 7) is 2.81. The van der Waals surface area contributed by atoms with E-state index in [-0.39, 0.29) is 5.75 Å². The van der Waals surface area contributed by atoms with Gasteiger partial charge < -0.3 is 10.4 Å². The Kier molecular flexibility index (Phi) is 3.58. The molecule has 2 nitrogen and oxygen atoms in total. The van der Waals surface area contributed by atoms with Crippen LogP contribution in [-0.4, -0.2) is 18.7 Å². The van der Waals surface area contributed by atoms with E-state index in [0.717, 1.165) is 24.1 Å². The molecule has 0 saturated carbocycles. The average Bonchev–Trinajstić information content (AvgIpc) is 2.09. The smallest absolute Gasteiger partial charge is 0.137 e. The van der Waals surface area contributed by atoms with Gasteiger partial charge in [-0.3, -0.25) is 0 Å². The van der Waals surface area contributed by atoms with Crippen molar-refractivity contribution in [2.75, 3.05) is 13.6 Å². The van der Waals surface area contributed by atoms with Crippen LogP contribution in [0, 0.1) is 6.92 Å². The Hall–Kier alpha value is -0.730. The van der Waals surface area contributed by atoms with Crippen molar-refractivity contribution in [1.82, 2.24) is 5.32 Å². The predicted octanol–water partition coefficient (Wildman–Crippen LogP) is 2.12. The lowest BCUT2D eigenvalue weighted by molar-refractivity contribution is 0.467. The van der Waals surface area contributed by atoms with Gasteiger partial charge in [0.2, 0.25) is 0 Å². The van der Waals surface area contributed by atoms with Gasteiger partial charge in [0.1, 0.15) is 5.75 Å². The lowest BCUT2D eigenvalue weighted by Gasteiger charge is -2.07. The van der Waals surface area contributed by atoms with Gasteiger partial charge in [0.05, 0.1) is 5.02 Å². The summed E-state index contributed by atoms with van der Waals surface area (Å²) in [4.78, 5) is 0. The highest BCUT2D eigenvalue weighted by Crippen LogP contribution is 2.28. The van der Waals surface area contributed by atoms with Crippen LogP contribution in [0.25, 0.3) is 0 Å². The van der Waals surface area contributed by atoms with Gasteiger partial charge in [0, 0.05) is 0 Å². The second kappa shape index (κ2) is 4.49. The summed E-state index contributed by atoms with van der Waals surface area (Å²) in [7, 11) is 1.88. The quantitative estimate of drug-likeness (QED) is 0.782. The molecule has 1 aromatic carbocycles. The molecule has 0 fully saturated rings. The van der Waals surface area contributed by atoms with Crippen molar-refractivity contribution in [3.8, 4) is 5.75 Å². The number of phenols is 1. The van der Waals surface area contributed by atoms with E-state index < -0.39 is 0 Å². The van der Waals surface area contributed by atoms with Crippen molar-refractivity contribution in [2.24, 2.45) is 0 Å². The van der Waals surface area contributed by atoms with Crippen LogP contribution in [0.3, 0.4) is 0 Å². The second-order valence-corrected chi connectivity index (χ2v) is 3.52. The van der Waals surface area contributed by atoms with Crippen LogP contribution >= 0.6 is 11.6 Å². The van der Waals surface area contributed by atoms with Gasteiger partial charge in [-0.05, 0) is 44.1 Å². The highest BCUT2D eigenvalue weighted by Gasteiger charge is 2.05. The molecule has 0 aliphatic heterocycles. The molecular formula is C10H14ClNO. The number of hydrogen-bond donors (Lipinski definition) is 2. The van der Waals surface area contributed by atoms with E-state index in [1.165, 1.54) is 0 Å². The van der Waals surface area contributed by atoms with Crippen molar-refractivity contribution in [3.05, 3.63) is 28.3 Å². The molecule has 0 bridgehead atoms. The zero-order valence-corrected chi connectivity index (χ0v) is 8.65. The van der Waals surface area contributed by atoms with E-state index in [1.807, 2.05) is 20.0 Å². The fraction of sp³-hybridized carbons (Fsp3) is 0.400. The first kappa shape index (κ1) is 10.4. The predicted molar refractivity (Wildman–Crippen MR) is 55.5 cm³/mol. The third-order valence-corrected chi connectivity index (χ3v) is 2.22. The van der Waals surface area contributed by atoms with Crippen molar-refractivity contribution in [3.63, 3.8) is 0 Å². The molecule has 0 aliphatic rings. The molecular weight excluding hydrogens is 186 g/mol. The number of aryl methyl sites for hydroxylation is 1. The third-order valence-electron chi connectivity index (χ3n) is 1.93. The fourth-order valence-corrected chi connectivity index (χ4v) is 1.55. The Labute approximate surface area is 83.5 Å². The third kappa shape index (κ3) is 2.61. The highest BCUT2D eigenvalue weighted by atomic mass is 35.5. The molecule has 72 valence electrons. The number of nitrogens with one attached hydrogen (secondary N) is 1. The van der Waals surface area contributed by atoms with Gasteiger partial charge in [-0.15, -0.1) is 0 Å². The number of phenolic OH excluding ortho intramolecular Hbond substituents is 1. The van der Waals surface area contributed by atoms with E-state index in [2.05, 4.69) is 5.32 Å². The maximum absolute atomic E-state index is 9.59. The van der Waals surface area contributed by atoms with Crippen LogP contribution in [-0.2, 0) is 6.42 Å². The zero-order chi connectivity index (χ0) is 9.84. The number of rotatable bonds is 3. The second-order valence-electron chi connectivity index (χ2n) is 3.11. The Morgan fingerprint density at radius 2 is 2.15 bits per heavy atom. The van der Waals surface area contributed by atoms with Gasteiger partial charge in [-0.1, -0.05) is 17.7 Å². The monoisotopic (exact) mass is 199 g/mol. The van der Waals surface area contributed by atoms with Gasteiger partial charge >= 0.3 is 0 Å². The highest BCUT2D eigenvalue weighted by molar-refractivity contribution is 6.32. The first-order valence-corrected chi connectivity index (χ1v) is 4.65. The van der Waals surface area contributed by atoms with E-state index in [1.54, 1.807) is 6.07 Å². The summed E-state index contributed by atoms with van der Waals surface area (Å²) in [5.41, 5.74) is 1.98. The number of benzene rings is 1. The van der Waals surface area contributed by atoms with Crippen LogP contribution in [0.1, 0.15) is 11.1 Å². The lowest BCUT2D eigenvalue weighted by Crippen LogP contribution is -2.10. The molecule has 0 radical (unpaired) electrons. The van der Waals surface area contributed by atoms with Gasteiger partial charge in [0.15, 0.2) is 0 Å². The van der Waals surface area contributed by atoms with Gasteiger partial charge in [-0.2, -0.15) is 0 Å². The maximum atomic E-state index is 9.59. The van der Waals surface area contributed by atoms with Crippen LogP contribution in [0.4, 0.5) is 0 Å². The van der Waals surface area contributed by atoms with Crippen molar-refractivity contribution < 1.29 is 5.11 Å². The Balaban J connectivity index is 2.92. The molecule has 3 heteroatoms. The summed E-state index contributed by atoms with van der Waals surface area (Å²) in [5.74, 6) is 0.211. The van der Waals surface area contributed by atoms with E-state index in [0.29, 0.717) is 5.02 Å². The first-order valence-electron chi connectivity index (χ1n) is 4.27. The van der Waals surface area contributed by atoms with E-state index in [4.69, 9.17) is 11.6 Å². The first-order chi connectivity index (χ1) is 6.15. The number of halogens is 1. The standard InChI is InChI=1S/C10H14ClNO/c1-7-5-8(3-4-12-2)10(13)9(11)6-7/h5-6,12-13H,3-4H2,1-2H3. The molecule has 1 aromatic rings. The van der Waals surface area contributed by atoms with E-state index >= 15 is 0 Å². The maximum Gasteiger partial charge on any atom is 0.137 e. The number of likely N-dealkylation sites (N-methyl/N-ethyl adjacent to an activating group) is 1. The van der Waals surface area contributed by atoms with E-state index in [9.17, 15) is 5.11 Å². The molecule has 0 aromatic heterocycles. The van der Waals surface area contributed by atoms with Gasteiger partial charge in [-0.25, -0.2) is 0 Å². The number of aromatic hydroxyl groups is 1. The minimum Gasteiger partial charge on any atom is -0.506 e. The summed E-state index contributed by atoms with van der Waals surface area (Å²) in [5, 5.41) is 13.1. The number of hydrogen-bond acceptors (Lipinski definition) is 2. The molecule has 0 atom stereocenters. The lowest BCUT2D eigenvalue weighted by atomic mass is 10.1. The normalized spacial score (nSPS) is 10.4. The molecule has 0 spiro atoms. The van der Waals surface area contributed by atoms with Crippen LogP contribution < -0.4 is 5.32 Å². The van der Waals surface area contributed by atoms with Crippen molar-refractivity contribution >= 4 is 11.6 Å². The summed E-state index contributed by atoms with van der Waals surface area (Å²) >= 11 is 5.83. The molecule has 0 unspecified atom stereocenters. The Bertz CT molecular complexity index is 299. The Morgan fingerprint density at radius 3 is 2.77 bits per heavy atom. The molecule has 13 heavy (non-hydrogen) atoms. The van der Waals surface area contributed by atoms with Crippen LogP contribution in [0.2, 0.25) is 5.02 Å². The topological polar surface area (TPSA) is 32.3 Å². The molecule has 0 aliphatic carbocycles. The summed E-state index contributed by atoms with van der Waals surface area (Å²) in [6, 6.07) is 3.72. The Morgan fingerprint density at radius 1 is 1.46 bits per heavy atom. The molecule has 1 rings (SSSR count). The van der Waals surface area contributed by atoms with Crippen molar-refractivity contribution in [2.45, 2.75) is 13.3 Å². The van der Waals surface area contributed by atoms with Gasteiger partial charge in [0.25, 0.3) is 0 Å². The SMILES string of the molecule is CNCCc1cc(C)cc(Cl)c1O. The zero-order valence-electron chi connectivity index (χ0n) is 7.89. The molecule has 0 heterocycles. The molecule has 2 N–H and O–H groups in total. The molecule has 0 saturated heterocycles. The van der Waals surface area contributed by atoms with Crippen molar-refractivity contribution in [1.29, 1.82) is 0 Å². The minimum atomic E-state index is 0.211. The fourth-order valence-electron chi connectivity index (χ4n) is 1.26. The minimum absolute atomic E-state index is 0.211. The summed E-state index contributed by atoms with van der Waals surface area (Å²) in [6.07, 6.45) is 0.795. The van der Waals surface area contributed by atoms with Crippen LogP contribution in [0.15, 0.2) is 12.1 Å². The average molecular weight is 200 g/mol.